The maximum absolute atomic E-state index is 11.9. The number of ether oxygens (including phenoxy) is 2. The van der Waals surface area contributed by atoms with Gasteiger partial charge in [-0.05, 0) is 67.1 Å². The van der Waals surface area contributed by atoms with Crippen molar-refractivity contribution < 1.29 is 24.2 Å². The van der Waals surface area contributed by atoms with E-state index in [4.69, 9.17) is 9.47 Å². The largest absolute Gasteiger partial charge is 0.465 e. The van der Waals surface area contributed by atoms with Crippen LogP contribution < -0.4 is 0 Å². The molecule has 1 N–H and O–H groups in total. The van der Waals surface area contributed by atoms with E-state index in [9.17, 15) is 14.7 Å². The predicted octanol–water partition coefficient (Wildman–Crippen LogP) is 4.50. The van der Waals surface area contributed by atoms with Crippen molar-refractivity contribution in [2.45, 2.75) is 98.7 Å². The van der Waals surface area contributed by atoms with Crippen LogP contribution in [0.2, 0.25) is 0 Å². The molecule has 3 aliphatic carbocycles. The zero-order valence-electron chi connectivity index (χ0n) is 19.3. The van der Waals surface area contributed by atoms with Gasteiger partial charge in [-0.15, -0.1) is 0 Å². The summed E-state index contributed by atoms with van der Waals surface area (Å²) in [6.45, 7) is 14.2. The van der Waals surface area contributed by atoms with E-state index in [2.05, 4.69) is 27.7 Å². The van der Waals surface area contributed by atoms with E-state index in [1.807, 2.05) is 0 Å². The first-order valence-electron chi connectivity index (χ1n) is 11.3. The number of esters is 2. The van der Waals surface area contributed by atoms with Crippen molar-refractivity contribution in [2.24, 2.45) is 34.0 Å². The van der Waals surface area contributed by atoms with Crippen LogP contribution in [-0.4, -0.2) is 35.4 Å². The second-order valence-corrected chi connectivity index (χ2v) is 11.4. The molecule has 0 radical (unpaired) electrons. The molecule has 29 heavy (non-hydrogen) atoms. The molecule has 0 saturated heterocycles. The average Bonchev–Trinajstić information content (AvgIpc) is 2.54. The third-order valence-electron chi connectivity index (χ3n) is 9.20. The molecular formula is C24H40O5. The van der Waals surface area contributed by atoms with E-state index in [0.29, 0.717) is 18.3 Å². The van der Waals surface area contributed by atoms with Gasteiger partial charge in [0.2, 0.25) is 0 Å². The zero-order chi connectivity index (χ0) is 21.8. The summed E-state index contributed by atoms with van der Waals surface area (Å²) in [7, 11) is 0. The van der Waals surface area contributed by atoms with Crippen LogP contribution in [0.15, 0.2) is 0 Å². The van der Waals surface area contributed by atoms with Gasteiger partial charge in [-0.1, -0.05) is 34.1 Å². The lowest BCUT2D eigenvalue weighted by Gasteiger charge is -2.68. The van der Waals surface area contributed by atoms with Crippen molar-refractivity contribution in [1.82, 2.24) is 0 Å². The second-order valence-electron chi connectivity index (χ2n) is 11.4. The Morgan fingerprint density at radius 2 is 1.59 bits per heavy atom. The van der Waals surface area contributed by atoms with Gasteiger partial charge >= 0.3 is 11.9 Å². The monoisotopic (exact) mass is 408 g/mol. The van der Waals surface area contributed by atoms with E-state index in [1.165, 1.54) is 26.7 Å². The summed E-state index contributed by atoms with van der Waals surface area (Å²) in [6, 6.07) is 0. The van der Waals surface area contributed by atoms with Gasteiger partial charge < -0.3 is 14.6 Å². The lowest BCUT2D eigenvalue weighted by atomic mass is 9.38. The van der Waals surface area contributed by atoms with Gasteiger partial charge in [-0.2, -0.15) is 0 Å². The summed E-state index contributed by atoms with van der Waals surface area (Å²) >= 11 is 0. The molecule has 7 atom stereocenters. The minimum atomic E-state index is -1.24. The summed E-state index contributed by atoms with van der Waals surface area (Å²) < 4.78 is 11.1. The van der Waals surface area contributed by atoms with E-state index in [0.717, 1.165) is 19.3 Å². The van der Waals surface area contributed by atoms with Gasteiger partial charge in [-0.3, -0.25) is 9.59 Å². The maximum atomic E-state index is 11.9. The smallest absolute Gasteiger partial charge is 0.303 e. The maximum Gasteiger partial charge on any atom is 0.303 e. The zero-order valence-corrected chi connectivity index (χ0v) is 19.3. The molecule has 0 aromatic carbocycles. The van der Waals surface area contributed by atoms with Crippen molar-refractivity contribution in [3.63, 3.8) is 0 Å². The van der Waals surface area contributed by atoms with Gasteiger partial charge in [0, 0.05) is 19.8 Å². The van der Waals surface area contributed by atoms with Crippen LogP contribution in [-0.2, 0) is 19.1 Å². The number of carbonyl (C=O) groups excluding carboxylic acids is 2. The Morgan fingerprint density at radius 1 is 0.931 bits per heavy atom. The van der Waals surface area contributed by atoms with E-state index in [1.54, 1.807) is 6.92 Å². The average molecular weight is 409 g/mol. The Kier molecular flexibility index (Phi) is 5.64. The van der Waals surface area contributed by atoms with Gasteiger partial charge in [0.1, 0.15) is 11.7 Å². The highest BCUT2D eigenvalue weighted by Gasteiger charge is 2.67. The topological polar surface area (TPSA) is 72.8 Å². The molecule has 3 rings (SSSR count). The standard InChI is InChI=1S/C24H40O5/c1-15(25)28-14-19-23(6)12-9-17-21(3,4)10-8-11-22(17,5)18(23)13-20(24(19,7)27)29-16(2)26/h17-20,27H,8-14H2,1-7H3/t17-,18+,19-,20+,22-,23+,24-/m1/s1. The van der Waals surface area contributed by atoms with Crippen LogP contribution in [0.1, 0.15) is 87.0 Å². The van der Waals surface area contributed by atoms with Crippen LogP contribution in [0.4, 0.5) is 0 Å². The Labute approximate surface area is 175 Å². The molecule has 0 aliphatic heterocycles. The highest BCUT2D eigenvalue weighted by Crippen LogP contribution is 2.69. The molecule has 0 spiro atoms. The summed E-state index contributed by atoms with van der Waals surface area (Å²) in [5, 5.41) is 11.6. The molecular weight excluding hydrogens is 368 g/mol. The van der Waals surface area contributed by atoms with Gasteiger partial charge in [-0.25, -0.2) is 0 Å². The highest BCUT2D eigenvalue weighted by atomic mass is 16.6. The lowest BCUT2D eigenvalue weighted by Crippen LogP contribution is -2.68. The minimum absolute atomic E-state index is 0.123. The lowest BCUT2D eigenvalue weighted by molar-refractivity contribution is -0.259. The van der Waals surface area contributed by atoms with Crippen molar-refractivity contribution in [3.8, 4) is 0 Å². The van der Waals surface area contributed by atoms with E-state index < -0.39 is 11.7 Å². The molecule has 5 heteroatoms. The van der Waals surface area contributed by atoms with Gasteiger partial charge in [0.05, 0.1) is 6.61 Å². The molecule has 166 valence electrons. The minimum Gasteiger partial charge on any atom is -0.465 e. The summed E-state index contributed by atoms with van der Waals surface area (Å²) in [4.78, 5) is 23.5. The normalized spacial score (nSPS) is 46.2. The van der Waals surface area contributed by atoms with Crippen molar-refractivity contribution in [3.05, 3.63) is 0 Å². The van der Waals surface area contributed by atoms with Crippen molar-refractivity contribution in [2.75, 3.05) is 6.61 Å². The fourth-order valence-corrected chi connectivity index (χ4v) is 7.91. The quantitative estimate of drug-likeness (QED) is 0.696. The summed E-state index contributed by atoms with van der Waals surface area (Å²) in [5.74, 6) is -0.0682. The number of rotatable bonds is 3. The van der Waals surface area contributed by atoms with Crippen molar-refractivity contribution in [1.29, 1.82) is 0 Å². The molecule has 3 aliphatic rings. The molecule has 3 fully saturated rings. The first-order valence-corrected chi connectivity index (χ1v) is 11.3. The number of carbonyl (C=O) groups is 2. The van der Waals surface area contributed by atoms with Crippen molar-refractivity contribution >= 4 is 11.9 Å². The SMILES string of the molecule is CC(=O)OC[C@H]1[C@@](C)(O)[C@@H](OC(C)=O)C[C@H]2[C@]3(C)CCCC(C)(C)[C@H]3CC[C@@]21C. The second kappa shape index (κ2) is 7.25. The Bertz CT molecular complexity index is 668. The fraction of sp³-hybridized carbons (Fsp3) is 0.917. The van der Waals surface area contributed by atoms with E-state index >= 15 is 0 Å². The number of fused-ring (bicyclic) bond motifs is 3. The number of hydrogen-bond donors (Lipinski definition) is 1. The highest BCUT2D eigenvalue weighted by molar-refractivity contribution is 5.66. The van der Waals surface area contributed by atoms with Crippen LogP contribution in [0.5, 0.6) is 0 Å². The third-order valence-corrected chi connectivity index (χ3v) is 9.20. The molecule has 3 saturated carbocycles. The van der Waals surface area contributed by atoms with Crippen LogP contribution in [0, 0.1) is 34.0 Å². The Morgan fingerprint density at radius 3 is 2.17 bits per heavy atom. The predicted molar refractivity (Wildman–Crippen MR) is 111 cm³/mol. The van der Waals surface area contributed by atoms with Crippen LogP contribution in [0.25, 0.3) is 0 Å². The molecule has 0 unspecified atom stereocenters. The third kappa shape index (κ3) is 3.62. The Hall–Kier alpha value is -1.10. The molecule has 0 aromatic rings. The fourth-order valence-electron chi connectivity index (χ4n) is 7.91. The molecule has 0 heterocycles. The molecule has 0 aromatic heterocycles. The molecule has 0 amide bonds. The Balaban J connectivity index is 2.06. The summed E-state index contributed by atoms with van der Waals surface area (Å²) in [5.41, 5.74) is -0.997. The number of hydrogen-bond acceptors (Lipinski definition) is 5. The van der Waals surface area contributed by atoms with Gasteiger partial charge in [0.15, 0.2) is 0 Å². The van der Waals surface area contributed by atoms with Crippen LogP contribution >= 0.6 is 0 Å². The van der Waals surface area contributed by atoms with Crippen LogP contribution in [0.3, 0.4) is 0 Å². The number of aliphatic hydroxyl groups is 1. The first kappa shape index (κ1) is 22.6. The molecule has 0 bridgehead atoms. The first-order chi connectivity index (χ1) is 13.2. The summed E-state index contributed by atoms with van der Waals surface area (Å²) in [6.07, 6.45) is 5.82. The molecule has 5 nitrogen and oxygen atoms in total. The van der Waals surface area contributed by atoms with E-state index in [-0.39, 0.29) is 40.7 Å². The van der Waals surface area contributed by atoms with Gasteiger partial charge in [0.25, 0.3) is 0 Å².